The second-order valence-corrected chi connectivity index (χ2v) is 2.85. The van der Waals surface area contributed by atoms with Crippen molar-refractivity contribution in [2.24, 2.45) is 0 Å². The highest BCUT2D eigenvalue weighted by Crippen LogP contribution is 2.07. The van der Waals surface area contributed by atoms with E-state index in [0.29, 0.717) is 17.5 Å². The molecule has 0 radical (unpaired) electrons. The topological polar surface area (TPSA) is 63.2 Å². The summed E-state index contributed by atoms with van der Waals surface area (Å²) in [6.07, 6.45) is 0.695. The lowest BCUT2D eigenvalue weighted by molar-refractivity contribution is 0.112. The van der Waals surface area contributed by atoms with Crippen molar-refractivity contribution in [1.29, 1.82) is 0 Å². The zero-order valence-electron chi connectivity index (χ0n) is 6.06. The fourth-order valence-electron chi connectivity index (χ4n) is 0.742. The summed E-state index contributed by atoms with van der Waals surface area (Å²) in [5, 5.41) is 0. The van der Waals surface area contributed by atoms with E-state index in [4.69, 9.17) is 0 Å². The van der Waals surface area contributed by atoms with Gasteiger partial charge in [0.25, 0.3) is 0 Å². The number of hydrogen-bond donors (Lipinski definition) is 2. The Kier molecular flexibility index (Phi) is 2.82. The van der Waals surface area contributed by atoms with Crippen LogP contribution in [0.1, 0.15) is 10.4 Å². The standard InChI is InChI=1S/C7H7NO3S/c9-5-6-1-3-7(4-2-6)8-12(10)11/h1-5,12H,(H,8,10,11). The van der Waals surface area contributed by atoms with Gasteiger partial charge in [0.1, 0.15) is 6.29 Å². The van der Waals surface area contributed by atoms with Crippen LogP contribution in [-0.4, -0.2) is 14.7 Å². The van der Waals surface area contributed by atoms with Crippen molar-refractivity contribution in [2.75, 3.05) is 4.72 Å². The lowest BCUT2D eigenvalue weighted by Crippen LogP contribution is -1.94. The summed E-state index contributed by atoms with van der Waals surface area (Å²) in [6.45, 7) is 0. The molecular formula is C7H7NO3S. The third-order valence-corrected chi connectivity index (χ3v) is 1.71. The lowest BCUT2D eigenvalue weighted by atomic mass is 10.2. The summed E-state index contributed by atoms with van der Waals surface area (Å²) < 4.78 is 22.6. The molecule has 0 unspecified atom stereocenters. The molecule has 0 bridgehead atoms. The SMILES string of the molecule is O=Cc1ccc(N[SH](=O)=O)cc1. The van der Waals surface area contributed by atoms with Crippen molar-refractivity contribution in [2.45, 2.75) is 0 Å². The van der Waals surface area contributed by atoms with E-state index in [1.54, 1.807) is 0 Å². The Labute approximate surface area is 71.3 Å². The summed E-state index contributed by atoms with van der Waals surface area (Å²) in [4.78, 5) is 10.2. The van der Waals surface area contributed by atoms with Crippen LogP contribution < -0.4 is 4.72 Å². The Morgan fingerprint density at radius 1 is 1.17 bits per heavy atom. The second-order valence-electron chi connectivity index (χ2n) is 2.11. The van der Waals surface area contributed by atoms with Crippen LogP contribution in [0.2, 0.25) is 0 Å². The Balaban J connectivity index is 2.84. The minimum Gasteiger partial charge on any atom is -0.298 e. The first kappa shape index (κ1) is 8.73. The van der Waals surface area contributed by atoms with Crippen LogP contribution in [0.5, 0.6) is 0 Å². The van der Waals surface area contributed by atoms with Crippen molar-refractivity contribution >= 4 is 22.9 Å². The molecule has 0 aliphatic rings. The molecule has 12 heavy (non-hydrogen) atoms. The molecule has 0 aliphatic carbocycles. The van der Waals surface area contributed by atoms with Crippen LogP contribution in [0.15, 0.2) is 24.3 Å². The monoisotopic (exact) mass is 185 g/mol. The van der Waals surface area contributed by atoms with Crippen LogP contribution in [0.25, 0.3) is 0 Å². The number of thiol groups is 1. The average molecular weight is 185 g/mol. The van der Waals surface area contributed by atoms with E-state index in [1.165, 1.54) is 24.3 Å². The molecule has 0 spiro atoms. The third-order valence-electron chi connectivity index (χ3n) is 1.27. The highest BCUT2D eigenvalue weighted by atomic mass is 32.2. The molecule has 0 atom stereocenters. The zero-order valence-corrected chi connectivity index (χ0v) is 6.95. The number of hydrogen-bond acceptors (Lipinski definition) is 3. The van der Waals surface area contributed by atoms with Gasteiger partial charge < -0.3 is 0 Å². The van der Waals surface area contributed by atoms with Gasteiger partial charge in [0.2, 0.25) is 10.9 Å². The van der Waals surface area contributed by atoms with Crippen molar-refractivity contribution in [3.05, 3.63) is 29.8 Å². The smallest absolute Gasteiger partial charge is 0.222 e. The molecule has 5 heteroatoms. The third kappa shape index (κ3) is 2.35. The highest BCUT2D eigenvalue weighted by molar-refractivity contribution is 7.73. The van der Waals surface area contributed by atoms with Crippen LogP contribution in [0.4, 0.5) is 5.69 Å². The molecule has 0 saturated heterocycles. The zero-order chi connectivity index (χ0) is 8.97. The Hall–Kier alpha value is -1.36. The molecule has 4 nitrogen and oxygen atoms in total. The van der Waals surface area contributed by atoms with Crippen molar-refractivity contribution in [3.63, 3.8) is 0 Å². The lowest BCUT2D eigenvalue weighted by Gasteiger charge is -1.96. The van der Waals surface area contributed by atoms with Gasteiger partial charge in [0, 0.05) is 11.3 Å². The molecule has 1 rings (SSSR count). The van der Waals surface area contributed by atoms with Gasteiger partial charge in [-0.25, -0.2) is 8.42 Å². The van der Waals surface area contributed by atoms with E-state index in [-0.39, 0.29) is 0 Å². The highest BCUT2D eigenvalue weighted by Gasteiger charge is 1.91. The molecule has 0 amide bonds. The first-order chi connectivity index (χ1) is 5.72. The van der Waals surface area contributed by atoms with E-state index in [1.807, 2.05) is 0 Å². The summed E-state index contributed by atoms with van der Waals surface area (Å²) >= 11 is 0. The van der Waals surface area contributed by atoms with Crippen LogP contribution in [-0.2, 0) is 10.9 Å². The van der Waals surface area contributed by atoms with Crippen LogP contribution >= 0.6 is 0 Å². The molecule has 64 valence electrons. The number of rotatable bonds is 3. The number of aldehydes is 1. The maximum atomic E-state index is 10.2. The second kappa shape index (κ2) is 3.87. The van der Waals surface area contributed by atoms with Gasteiger partial charge in [0.05, 0.1) is 0 Å². The fourth-order valence-corrected chi connectivity index (χ4v) is 1.10. The molecule has 0 aliphatic heterocycles. The summed E-state index contributed by atoms with van der Waals surface area (Å²) in [5.41, 5.74) is 0.971. The van der Waals surface area contributed by atoms with Gasteiger partial charge in [-0.1, -0.05) is 0 Å². The first-order valence-electron chi connectivity index (χ1n) is 3.18. The van der Waals surface area contributed by atoms with Crippen LogP contribution in [0, 0.1) is 0 Å². The van der Waals surface area contributed by atoms with Crippen LogP contribution in [0.3, 0.4) is 0 Å². The Morgan fingerprint density at radius 3 is 2.17 bits per heavy atom. The van der Waals surface area contributed by atoms with Gasteiger partial charge >= 0.3 is 0 Å². The maximum Gasteiger partial charge on any atom is 0.222 e. The van der Waals surface area contributed by atoms with Gasteiger partial charge in [-0.15, -0.1) is 0 Å². The summed E-state index contributed by atoms with van der Waals surface area (Å²) in [7, 11) is -2.63. The normalized spacial score (nSPS) is 9.75. The van der Waals surface area contributed by atoms with Gasteiger partial charge in [-0.3, -0.25) is 9.52 Å². The first-order valence-corrected chi connectivity index (χ1v) is 4.36. The van der Waals surface area contributed by atoms with Crippen molar-refractivity contribution in [1.82, 2.24) is 0 Å². The quantitative estimate of drug-likeness (QED) is 0.530. The molecule has 1 aromatic rings. The predicted molar refractivity (Wildman–Crippen MR) is 45.8 cm³/mol. The number of anilines is 1. The largest absolute Gasteiger partial charge is 0.298 e. The maximum absolute atomic E-state index is 10.2. The van der Waals surface area contributed by atoms with E-state index >= 15 is 0 Å². The Bertz CT molecular complexity index is 334. The number of carbonyl (C=O) groups excluding carboxylic acids is 1. The van der Waals surface area contributed by atoms with E-state index in [2.05, 4.69) is 4.72 Å². The Morgan fingerprint density at radius 2 is 1.75 bits per heavy atom. The van der Waals surface area contributed by atoms with Gasteiger partial charge in [-0.2, -0.15) is 0 Å². The molecule has 1 aromatic carbocycles. The minimum atomic E-state index is -2.63. The number of carbonyl (C=O) groups is 1. The minimum absolute atomic E-state index is 0.455. The number of nitrogens with one attached hydrogen (secondary N) is 1. The molecule has 1 N–H and O–H groups in total. The van der Waals surface area contributed by atoms with Crippen molar-refractivity contribution < 1.29 is 13.2 Å². The van der Waals surface area contributed by atoms with E-state index in [0.717, 1.165) is 0 Å². The molecule has 0 heterocycles. The van der Waals surface area contributed by atoms with Gasteiger partial charge in [0.15, 0.2) is 0 Å². The average Bonchev–Trinajstić information content (AvgIpc) is 2.05. The summed E-state index contributed by atoms with van der Waals surface area (Å²) in [6, 6.07) is 6.12. The summed E-state index contributed by atoms with van der Waals surface area (Å²) in [5.74, 6) is 0. The number of benzene rings is 1. The predicted octanol–water partition coefficient (Wildman–Crippen LogP) is 0.437. The van der Waals surface area contributed by atoms with E-state index in [9.17, 15) is 13.2 Å². The molecule has 0 saturated carbocycles. The van der Waals surface area contributed by atoms with Gasteiger partial charge in [-0.05, 0) is 24.3 Å². The molecule has 0 aromatic heterocycles. The molecule has 0 fully saturated rings. The van der Waals surface area contributed by atoms with Crippen molar-refractivity contribution in [3.8, 4) is 0 Å². The van der Waals surface area contributed by atoms with E-state index < -0.39 is 10.9 Å². The fraction of sp³-hybridized carbons (Fsp3) is 0. The molecular weight excluding hydrogens is 178 g/mol.